The van der Waals surface area contributed by atoms with Crippen LogP contribution >= 0.6 is 34.4 Å². The van der Waals surface area contributed by atoms with Gasteiger partial charge in [0.05, 0.1) is 4.91 Å². The molecule has 1 fully saturated rings. The van der Waals surface area contributed by atoms with Crippen LogP contribution < -0.4 is 5.32 Å². The summed E-state index contributed by atoms with van der Waals surface area (Å²) in [6, 6.07) is 16.7. The van der Waals surface area contributed by atoms with E-state index in [9.17, 15) is 14.4 Å². The standard InChI is InChI=1S/C20H13IN2O4S/c21-17-9-8-13(27-17)10-16-19(25)23(20(26)28-16)11-18(24)22-15-7-3-5-12-4-1-2-6-14(12)15/h1-10H,11H2,(H,22,24). The number of anilines is 1. The number of furan rings is 1. The molecule has 0 radical (unpaired) electrons. The maximum absolute atomic E-state index is 12.5. The highest BCUT2D eigenvalue weighted by Crippen LogP contribution is 2.32. The second kappa shape index (κ2) is 7.80. The summed E-state index contributed by atoms with van der Waals surface area (Å²) >= 11 is 2.81. The predicted molar refractivity (Wildman–Crippen MR) is 117 cm³/mol. The van der Waals surface area contributed by atoms with Gasteiger partial charge in [-0.2, -0.15) is 0 Å². The number of carbonyl (C=O) groups excluding carboxylic acids is 3. The molecule has 0 saturated carbocycles. The van der Waals surface area contributed by atoms with Crippen molar-refractivity contribution >= 4 is 73.9 Å². The van der Waals surface area contributed by atoms with Gasteiger partial charge in [0, 0.05) is 17.1 Å². The van der Waals surface area contributed by atoms with Gasteiger partial charge in [-0.25, -0.2) is 0 Å². The summed E-state index contributed by atoms with van der Waals surface area (Å²) in [5.41, 5.74) is 0.635. The van der Waals surface area contributed by atoms with Crippen LogP contribution in [-0.2, 0) is 9.59 Å². The van der Waals surface area contributed by atoms with Crippen molar-refractivity contribution in [1.29, 1.82) is 0 Å². The Morgan fingerprint density at radius 2 is 1.89 bits per heavy atom. The van der Waals surface area contributed by atoms with Gasteiger partial charge in [0.1, 0.15) is 12.3 Å². The van der Waals surface area contributed by atoms with Crippen molar-refractivity contribution < 1.29 is 18.8 Å². The van der Waals surface area contributed by atoms with Gasteiger partial charge in [-0.15, -0.1) is 0 Å². The van der Waals surface area contributed by atoms with Crippen LogP contribution in [0, 0.1) is 3.77 Å². The molecule has 1 aromatic heterocycles. The van der Waals surface area contributed by atoms with Gasteiger partial charge < -0.3 is 9.73 Å². The molecule has 3 aromatic rings. The van der Waals surface area contributed by atoms with Crippen LogP contribution in [0.1, 0.15) is 5.76 Å². The molecule has 0 atom stereocenters. The van der Waals surface area contributed by atoms with Gasteiger partial charge in [-0.05, 0) is 57.9 Å². The number of carbonyl (C=O) groups is 3. The first kappa shape index (κ1) is 18.8. The van der Waals surface area contributed by atoms with Gasteiger partial charge in [-0.3, -0.25) is 19.3 Å². The van der Waals surface area contributed by atoms with Crippen molar-refractivity contribution in [1.82, 2.24) is 4.90 Å². The molecule has 2 heterocycles. The topological polar surface area (TPSA) is 79.6 Å². The average Bonchev–Trinajstić information content (AvgIpc) is 3.20. The van der Waals surface area contributed by atoms with Crippen molar-refractivity contribution in [3.63, 3.8) is 0 Å². The Morgan fingerprint density at radius 1 is 1.11 bits per heavy atom. The Balaban J connectivity index is 1.49. The normalized spacial score (nSPS) is 15.6. The number of benzene rings is 2. The van der Waals surface area contributed by atoms with E-state index in [-0.39, 0.29) is 11.4 Å². The summed E-state index contributed by atoms with van der Waals surface area (Å²) in [7, 11) is 0. The lowest BCUT2D eigenvalue weighted by Crippen LogP contribution is -2.36. The fourth-order valence-electron chi connectivity index (χ4n) is 2.84. The van der Waals surface area contributed by atoms with Gasteiger partial charge in [0.15, 0.2) is 3.77 Å². The molecular formula is C20H13IN2O4S. The quantitative estimate of drug-likeness (QED) is 0.411. The Bertz CT molecular complexity index is 1130. The molecule has 3 amide bonds. The zero-order valence-corrected chi connectivity index (χ0v) is 17.3. The van der Waals surface area contributed by atoms with Crippen LogP contribution in [0.2, 0.25) is 0 Å². The molecule has 140 valence electrons. The molecule has 1 aliphatic rings. The largest absolute Gasteiger partial charge is 0.451 e. The second-order valence-electron chi connectivity index (χ2n) is 5.98. The Kier molecular flexibility index (Phi) is 5.23. The van der Waals surface area contributed by atoms with E-state index in [0.717, 1.165) is 27.4 Å². The number of fused-ring (bicyclic) bond motifs is 1. The number of nitrogens with one attached hydrogen (secondary N) is 1. The molecular weight excluding hydrogens is 491 g/mol. The maximum Gasteiger partial charge on any atom is 0.294 e. The lowest BCUT2D eigenvalue weighted by molar-refractivity contribution is -0.127. The van der Waals surface area contributed by atoms with E-state index in [0.29, 0.717) is 15.2 Å². The summed E-state index contributed by atoms with van der Waals surface area (Å²) in [4.78, 5) is 38.4. The minimum absolute atomic E-state index is 0.230. The third kappa shape index (κ3) is 3.83. The molecule has 8 heteroatoms. The number of nitrogens with zero attached hydrogens (tertiary/aromatic N) is 1. The van der Waals surface area contributed by atoms with Crippen molar-refractivity contribution in [2.75, 3.05) is 11.9 Å². The fourth-order valence-corrected chi connectivity index (χ4v) is 4.09. The SMILES string of the molecule is O=C(CN1C(=O)SC(=Cc2ccc(I)o2)C1=O)Nc1cccc2ccccc12. The van der Waals surface area contributed by atoms with E-state index in [4.69, 9.17) is 4.42 Å². The molecule has 0 aliphatic carbocycles. The molecule has 2 aromatic carbocycles. The first-order valence-electron chi connectivity index (χ1n) is 8.29. The highest BCUT2D eigenvalue weighted by Gasteiger charge is 2.36. The van der Waals surface area contributed by atoms with Crippen LogP contribution in [0.4, 0.5) is 10.5 Å². The van der Waals surface area contributed by atoms with Gasteiger partial charge in [0.2, 0.25) is 5.91 Å². The highest BCUT2D eigenvalue weighted by atomic mass is 127. The van der Waals surface area contributed by atoms with Gasteiger partial charge >= 0.3 is 0 Å². The van der Waals surface area contributed by atoms with Crippen LogP contribution in [-0.4, -0.2) is 28.5 Å². The molecule has 1 N–H and O–H groups in total. The van der Waals surface area contributed by atoms with Crippen molar-refractivity contribution in [2.24, 2.45) is 0 Å². The molecule has 6 nitrogen and oxygen atoms in total. The monoisotopic (exact) mass is 504 g/mol. The van der Waals surface area contributed by atoms with Crippen LogP contribution in [0.25, 0.3) is 16.8 Å². The number of rotatable bonds is 4. The van der Waals surface area contributed by atoms with E-state index >= 15 is 0 Å². The summed E-state index contributed by atoms with van der Waals surface area (Å²) in [5, 5.41) is 4.18. The number of amides is 3. The predicted octanol–water partition coefficient (Wildman–Crippen LogP) is 4.71. The third-order valence-corrected chi connectivity index (χ3v) is 5.59. The highest BCUT2D eigenvalue weighted by molar-refractivity contribution is 14.1. The van der Waals surface area contributed by atoms with E-state index < -0.39 is 17.1 Å². The average molecular weight is 504 g/mol. The number of imide groups is 1. The zero-order chi connectivity index (χ0) is 19.7. The smallest absolute Gasteiger partial charge is 0.294 e. The first-order valence-corrected chi connectivity index (χ1v) is 10.2. The summed E-state index contributed by atoms with van der Waals surface area (Å²) in [5.74, 6) is -0.461. The van der Waals surface area contributed by atoms with Crippen molar-refractivity contribution in [3.8, 4) is 0 Å². The first-order chi connectivity index (χ1) is 13.5. The molecule has 1 saturated heterocycles. The van der Waals surface area contributed by atoms with E-state index in [1.807, 2.05) is 59.0 Å². The Hall–Kier alpha value is -2.59. The van der Waals surface area contributed by atoms with Gasteiger partial charge in [0.25, 0.3) is 11.1 Å². The van der Waals surface area contributed by atoms with Crippen molar-refractivity contribution in [2.45, 2.75) is 0 Å². The van der Waals surface area contributed by atoms with Gasteiger partial charge in [-0.1, -0.05) is 36.4 Å². The summed E-state index contributed by atoms with van der Waals surface area (Å²) < 4.78 is 6.08. The van der Waals surface area contributed by atoms with Crippen LogP contribution in [0.3, 0.4) is 0 Å². The molecule has 0 bridgehead atoms. The lowest BCUT2D eigenvalue weighted by Gasteiger charge is -2.13. The lowest BCUT2D eigenvalue weighted by atomic mass is 10.1. The zero-order valence-electron chi connectivity index (χ0n) is 14.3. The molecule has 0 unspecified atom stereocenters. The number of hydrogen-bond donors (Lipinski definition) is 1. The number of hydrogen-bond acceptors (Lipinski definition) is 5. The maximum atomic E-state index is 12.5. The van der Waals surface area contributed by atoms with Crippen LogP contribution in [0.15, 0.2) is 63.9 Å². The minimum atomic E-state index is -0.505. The van der Waals surface area contributed by atoms with Crippen molar-refractivity contribution in [3.05, 3.63) is 69.0 Å². The third-order valence-electron chi connectivity index (χ3n) is 4.11. The van der Waals surface area contributed by atoms with E-state index in [1.54, 1.807) is 18.2 Å². The Labute approximate surface area is 178 Å². The molecule has 1 aliphatic heterocycles. The summed E-state index contributed by atoms with van der Waals surface area (Å²) in [6.07, 6.45) is 1.51. The summed E-state index contributed by atoms with van der Waals surface area (Å²) in [6.45, 7) is -0.346. The molecule has 0 spiro atoms. The Morgan fingerprint density at radius 3 is 2.68 bits per heavy atom. The minimum Gasteiger partial charge on any atom is -0.451 e. The molecule has 28 heavy (non-hydrogen) atoms. The fraction of sp³-hybridized carbons (Fsp3) is 0.0500. The number of thioether (sulfide) groups is 1. The van der Waals surface area contributed by atoms with Crippen LogP contribution in [0.5, 0.6) is 0 Å². The molecule has 4 rings (SSSR count). The second-order valence-corrected chi connectivity index (χ2v) is 8.04. The van der Waals surface area contributed by atoms with E-state index in [2.05, 4.69) is 5.32 Å². The number of halogens is 1. The van der Waals surface area contributed by atoms with E-state index in [1.165, 1.54) is 6.08 Å².